The molecule has 0 aliphatic carbocycles. The summed E-state index contributed by atoms with van der Waals surface area (Å²) < 4.78 is 2.00. The minimum Gasteiger partial charge on any atom is -0.363 e. The first-order valence-corrected chi connectivity index (χ1v) is 5.64. The topological polar surface area (TPSA) is 55.1 Å². The molecule has 0 radical (unpaired) electrons. The Morgan fingerprint density at radius 3 is 3.06 bits per heavy atom. The van der Waals surface area contributed by atoms with Crippen molar-refractivity contribution in [2.75, 3.05) is 12.4 Å². The largest absolute Gasteiger partial charge is 0.363 e. The molecule has 3 rings (SSSR count). The normalized spacial score (nSPS) is 10.8. The number of aromatic nitrogens is 4. The maximum atomic E-state index is 4.24. The molecule has 0 amide bonds. The van der Waals surface area contributed by atoms with Gasteiger partial charge in [0.15, 0.2) is 5.01 Å². The zero-order valence-corrected chi connectivity index (χ0v) is 9.40. The molecule has 0 atom stereocenters. The van der Waals surface area contributed by atoms with Gasteiger partial charge in [-0.15, -0.1) is 10.2 Å². The van der Waals surface area contributed by atoms with Gasteiger partial charge in [0.1, 0.15) is 5.65 Å². The molecule has 6 heteroatoms. The quantitative estimate of drug-likeness (QED) is 0.731. The molecule has 80 valence electrons. The Labute approximate surface area is 95.8 Å². The average molecular weight is 231 g/mol. The van der Waals surface area contributed by atoms with Crippen molar-refractivity contribution in [2.24, 2.45) is 0 Å². The molecule has 0 bridgehead atoms. The zero-order chi connectivity index (χ0) is 11.0. The summed E-state index contributed by atoms with van der Waals surface area (Å²) in [6.45, 7) is 0. The van der Waals surface area contributed by atoms with Crippen molar-refractivity contribution in [1.82, 2.24) is 19.6 Å². The summed E-state index contributed by atoms with van der Waals surface area (Å²) in [6.07, 6.45) is 3.70. The van der Waals surface area contributed by atoms with Crippen molar-refractivity contribution in [2.45, 2.75) is 0 Å². The molecule has 16 heavy (non-hydrogen) atoms. The Kier molecular flexibility index (Phi) is 2.07. The van der Waals surface area contributed by atoms with E-state index >= 15 is 0 Å². The lowest BCUT2D eigenvalue weighted by Gasteiger charge is -1.99. The zero-order valence-electron chi connectivity index (χ0n) is 8.58. The van der Waals surface area contributed by atoms with Gasteiger partial charge in [-0.2, -0.15) is 0 Å². The van der Waals surface area contributed by atoms with Gasteiger partial charge in [0, 0.05) is 19.4 Å². The number of hydrogen-bond donors (Lipinski definition) is 1. The van der Waals surface area contributed by atoms with Gasteiger partial charge in [0.25, 0.3) is 0 Å². The van der Waals surface area contributed by atoms with E-state index in [-0.39, 0.29) is 0 Å². The van der Waals surface area contributed by atoms with Gasteiger partial charge < -0.3 is 5.32 Å². The van der Waals surface area contributed by atoms with Crippen molar-refractivity contribution in [3.8, 4) is 10.7 Å². The molecule has 3 aromatic heterocycles. The number of fused-ring (bicyclic) bond motifs is 1. The molecule has 5 nitrogen and oxygen atoms in total. The third-order valence-electron chi connectivity index (χ3n) is 2.29. The molecule has 0 fully saturated rings. The van der Waals surface area contributed by atoms with Crippen LogP contribution >= 0.6 is 11.3 Å². The predicted octanol–water partition coefficient (Wildman–Crippen LogP) is 1.89. The molecule has 3 heterocycles. The highest BCUT2D eigenvalue weighted by Gasteiger charge is 2.08. The van der Waals surface area contributed by atoms with Gasteiger partial charge in [-0.1, -0.05) is 17.4 Å². The van der Waals surface area contributed by atoms with Crippen molar-refractivity contribution in [1.29, 1.82) is 0 Å². The van der Waals surface area contributed by atoms with Gasteiger partial charge in [0.05, 0.1) is 5.69 Å². The first kappa shape index (κ1) is 9.29. The summed E-state index contributed by atoms with van der Waals surface area (Å²) in [4.78, 5) is 4.24. The van der Waals surface area contributed by atoms with E-state index in [2.05, 4.69) is 20.5 Å². The van der Waals surface area contributed by atoms with Gasteiger partial charge >= 0.3 is 0 Å². The summed E-state index contributed by atoms with van der Waals surface area (Å²) in [7, 11) is 1.84. The van der Waals surface area contributed by atoms with Crippen molar-refractivity contribution in [3.63, 3.8) is 0 Å². The number of anilines is 1. The third kappa shape index (κ3) is 1.35. The molecule has 3 aromatic rings. The first-order valence-electron chi connectivity index (χ1n) is 4.82. The Morgan fingerprint density at radius 2 is 2.25 bits per heavy atom. The van der Waals surface area contributed by atoms with Crippen molar-refractivity contribution >= 4 is 22.1 Å². The molecule has 0 unspecified atom stereocenters. The molecule has 0 saturated carbocycles. The van der Waals surface area contributed by atoms with Gasteiger partial charge in [-0.25, -0.2) is 4.98 Å². The molecule has 0 spiro atoms. The van der Waals surface area contributed by atoms with E-state index in [1.165, 1.54) is 11.3 Å². The lowest BCUT2D eigenvalue weighted by molar-refractivity contribution is 1.07. The van der Waals surface area contributed by atoms with E-state index in [1.54, 1.807) is 6.20 Å². The lowest BCUT2D eigenvalue weighted by Crippen LogP contribution is -1.89. The maximum Gasteiger partial charge on any atom is 0.205 e. The second-order valence-corrected chi connectivity index (χ2v) is 4.21. The van der Waals surface area contributed by atoms with Crippen LogP contribution in [-0.4, -0.2) is 26.6 Å². The van der Waals surface area contributed by atoms with Gasteiger partial charge in [-0.05, 0) is 12.1 Å². The number of nitrogens with one attached hydrogen (secondary N) is 1. The molecular weight excluding hydrogens is 222 g/mol. The van der Waals surface area contributed by atoms with E-state index in [0.717, 1.165) is 21.5 Å². The van der Waals surface area contributed by atoms with Crippen molar-refractivity contribution < 1.29 is 0 Å². The minimum absolute atomic E-state index is 0.812. The number of nitrogens with zero attached hydrogens (tertiary/aromatic N) is 4. The van der Waals surface area contributed by atoms with Crippen LogP contribution in [0.15, 0.2) is 30.6 Å². The van der Waals surface area contributed by atoms with Crippen LogP contribution in [0.4, 0.5) is 5.13 Å². The molecule has 0 saturated heterocycles. The summed E-state index contributed by atoms with van der Waals surface area (Å²) >= 11 is 1.52. The van der Waals surface area contributed by atoms with Gasteiger partial charge in [-0.3, -0.25) is 4.40 Å². The standard InChI is InChI=1S/C10H9N5S/c1-11-10-14-13-9(16-10)7-3-2-4-8-12-5-6-15(7)8/h2-6H,1H3,(H,11,14). The fraction of sp³-hybridized carbons (Fsp3) is 0.100. The van der Waals surface area contributed by atoms with Crippen LogP contribution in [0.25, 0.3) is 16.3 Å². The van der Waals surface area contributed by atoms with E-state index in [9.17, 15) is 0 Å². The number of imidazole rings is 1. The van der Waals surface area contributed by atoms with Crippen LogP contribution in [0.1, 0.15) is 0 Å². The second kappa shape index (κ2) is 3.57. The highest BCUT2D eigenvalue weighted by Crippen LogP contribution is 2.26. The molecule has 0 aliphatic rings. The van der Waals surface area contributed by atoms with Crippen LogP contribution in [0, 0.1) is 0 Å². The number of rotatable bonds is 2. The SMILES string of the molecule is CNc1nnc(-c2cccc3nccn23)s1. The Bertz CT molecular complexity index is 627. The number of pyridine rings is 1. The van der Waals surface area contributed by atoms with E-state index in [1.807, 2.05) is 35.8 Å². The highest BCUT2D eigenvalue weighted by molar-refractivity contribution is 7.18. The van der Waals surface area contributed by atoms with Crippen LogP contribution in [0.2, 0.25) is 0 Å². The van der Waals surface area contributed by atoms with Crippen LogP contribution in [-0.2, 0) is 0 Å². The summed E-state index contributed by atoms with van der Waals surface area (Å²) in [6, 6.07) is 5.94. The Morgan fingerprint density at radius 1 is 1.31 bits per heavy atom. The summed E-state index contributed by atoms with van der Waals surface area (Å²) in [5, 5.41) is 12.8. The average Bonchev–Trinajstić information content (AvgIpc) is 2.97. The maximum absolute atomic E-state index is 4.24. The third-order valence-corrected chi connectivity index (χ3v) is 3.25. The van der Waals surface area contributed by atoms with Crippen LogP contribution in [0.3, 0.4) is 0 Å². The monoisotopic (exact) mass is 231 g/mol. The highest BCUT2D eigenvalue weighted by atomic mass is 32.1. The van der Waals surface area contributed by atoms with E-state index in [0.29, 0.717) is 0 Å². The van der Waals surface area contributed by atoms with E-state index in [4.69, 9.17) is 0 Å². The lowest BCUT2D eigenvalue weighted by atomic mass is 10.3. The smallest absolute Gasteiger partial charge is 0.205 e. The van der Waals surface area contributed by atoms with Gasteiger partial charge in [0.2, 0.25) is 5.13 Å². The minimum atomic E-state index is 0.812. The molecule has 0 aliphatic heterocycles. The number of hydrogen-bond acceptors (Lipinski definition) is 5. The predicted molar refractivity (Wildman–Crippen MR) is 63.6 cm³/mol. The van der Waals surface area contributed by atoms with Crippen LogP contribution in [0.5, 0.6) is 0 Å². The Balaban J connectivity index is 2.21. The molecule has 0 aromatic carbocycles. The van der Waals surface area contributed by atoms with E-state index < -0.39 is 0 Å². The van der Waals surface area contributed by atoms with Crippen LogP contribution < -0.4 is 5.32 Å². The molecular formula is C10H9N5S. The summed E-state index contributed by atoms with van der Waals surface area (Å²) in [5.41, 5.74) is 1.92. The fourth-order valence-corrected chi connectivity index (χ4v) is 2.27. The second-order valence-electron chi connectivity index (χ2n) is 3.23. The Hall–Kier alpha value is -1.95. The first-order chi connectivity index (χ1) is 7.88. The fourth-order valence-electron chi connectivity index (χ4n) is 1.55. The molecule has 1 N–H and O–H groups in total. The van der Waals surface area contributed by atoms with Crippen molar-refractivity contribution in [3.05, 3.63) is 30.6 Å². The summed E-state index contributed by atoms with van der Waals surface area (Å²) in [5.74, 6) is 0.